The van der Waals surface area contributed by atoms with Crippen molar-refractivity contribution in [2.75, 3.05) is 6.61 Å². The number of rotatable bonds is 3. The molecule has 3 nitrogen and oxygen atoms in total. The summed E-state index contributed by atoms with van der Waals surface area (Å²) < 4.78 is 1.80. The molecule has 20 heavy (non-hydrogen) atoms. The van der Waals surface area contributed by atoms with Crippen LogP contribution >= 0.6 is 38.5 Å². The quantitative estimate of drug-likeness (QED) is 0.688. The van der Waals surface area contributed by atoms with Gasteiger partial charge in [0.15, 0.2) is 0 Å². The summed E-state index contributed by atoms with van der Waals surface area (Å²) in [7, 11) is 0. The highest BCUT2D eigenvalue weighted by molar-refractivity contribution is 14.1. The van der Waals surface area contributed by atoms with Crippen LogP contribution in [-0.2, 0) is 0 Å². The first kappa shape index (κ1) is 16.2. The number of aliphatic hydroxyl groups excluding tert-OH is 1. The highest BCUT2D eigenvalue weighted by Crippen LogP contribution is 2.32. The third-order valence-electron chi connectivity index (χ3n) is 4.09. The molecule has 110 valence electrons. The Morgan fingerprint density at radius 2 is 2.15 bits per heavy atom. The zero-order chi connectivity index (χ0) is 14.8. The molecule has 1 fully saturated rings. The minimum atomic E-state index is -0.449. The van der Waals surface area contributed by atoms with Crippen LogP contribution in [0.5, 0.6) is 0 Å². The van der Waals surface area contributed by atoms with Gasteiger partial charge in [-0.1, -0.05) is 22.9 Å². The SMILES string of the molecule is CC1CCC(CO)(NC(=O)c2cc(Br)ccc2I)CC1. The first-order chi connectivity index (χ1) is 9.46. The van der Waals surface area contributed by atoms with Crippen LogP contribution in [0.2, 0.25) is 0 Å². The van der Waals surface area contributed by atoms with Crippen molar-refractivity contribution in [1.29, 1.82) is 0 Å². The van der Waals surface area contributed by atoms with Gasteiger partial charge in [-0.2, -0.15) is 0 Å². The molecule has 0 aliphatic heterocycles. The van der Waals surface area contributed by atoms with Crippen LogP contribution < -0.4 is 5.32 Å². The lowest BCUT2D eigenvalue weighted by molar-refractivity contribution is 0.0716. The number of nitrogens with one attached hydrogen (secondary N) is 1. The topological polar surface area (TPSA) is 49.3 Å². The molecule has 0 aromatic heterocycles. The maximum Gasteiger partial charge on any atom is 0.252 e. The molecule has 1 aliphatic rings. The Morgan fingerprint density at radius 1 is 1.50 bits per heavy atom. The average Bonchev–Trinajstić information content (AvgIpc) is 2.44. The Bertz CT molecular complexity index is 499. The highest BCUT2D eigenvalue weighted by Gasteiger charge is 2.35. The van der Waals surface area contributed by atoms with E-state index in [9.17, 15) is 9.90 Å². The summed E-state index contributed by atoms with van der Waals surface area (Å²) in [6, 6.07) is 5.66. The summed E-state index contributed by atoms with van der Waals surface area (Å²) in [4.78, 5) is 12.5. The summed E-state index contributed by atoms with van der Waals surface area (Å²) in [5.74, 6) is 0.580. The first-order valence-corrected chi connectivity index (χ1v) is 8.71. The maximum absolute atomic E-state index is 12.5. The molecular weight excluding hydrogens is 433 g/mol. The van der Waals surface area contributed by atoms with Crippen molar-refractivity contribution in [3.8, 4) is 0 Å². The van der Waals surface area contributed by atoms with Crippen molar-refractivity contribution >= 4 is 44.4 Å². The fraction of sp³-hybridized carbons (Fsp3) is 0.533. The molecule has 2 N–H and O–H groups in total. The Morgan fingerprint density at radius 3 is 2.75 bits per heavy atom. The van der Waals surface area contributed by atoms with Gasteiger partial charge in [-0.3, -0.25) is 4.79 Å². The maximum atomic E-state index is 12.5. The van der Waals surface area contributed by atoms with Gasteiger partial charge in [0, 0.05) is 8.04 Å². The van der Waals surface area contributed by atoms with E-state index in [-0.39, 0.29) is 12.5 Å². The number of halogens is 2. The standard InChI is InChI=1S/C15H19BrINO2/c1-10-4-6-15(9-19,7-5-10)18-14(20)12-8-11(16)2-3-13(12)17/h2-3,8,10,19H,4-7,9H2,1H3,(H,18,20). The Balaban J connectivity index is 2.15. The number of hydrogen-bond donors (Lipinski definition) is 2. The van der Waals surface area contributed by atoms with Crippen LogP contribution in [0.25, 0.3) is 0 Å². The van der Waals surface area contributed by atoms with Gasteiger partial charge in [-0.05, 0) is 72.4 Å². The summed E-state index contributed by atoms with van der Waals surface area (Å²) in [5.41, 5.74) is 0.209. The molecule has 1 aromatic carbocycles. The number of hydrogen-bond acceptors (Lipinski definition) is 2. The smallest absolute Gasteiger partial charge is 0.252 e. The van der Waals surface area contributed by atoms with Crippen LogP contribution in [0.15, 0.2) is 22.7 Å². The Labute approximate surface area is 141 Å². The van der Waals surface area contributed by atoms with Gasteiger partial charge in [0.1, 0.15) is 0 Å². The van der Waals surface area contributed by atoms with E-state index in [1.165, 1.54) is 0 Å². The lowest BCUT2D eigenvalue weighted by Gasteiger charge is -2.38. The zero-order valence-electron chi connectivity index (χ0n) is 11.5. The molecule has 0 unspecified atom stereocenters. The van der Waals surface area contributed by atoms with Gasteiger partial charge in [0.05, 0.1) is 17.7 Å². The van der Waals surface area contributed by atoms with Crippen molar-refractivity contribution in [2.24, 2.45) is 5.92 Å². The number of benzene rings is 1. The van der Waals surface area contributed by atoms with Crippen LogP contribution in [-0.4, -0.2) is 23.2 Å². The highest BCUT2D eigenvalue weighted by atomic mass is 127. The van der Waals surface area contributed by atoms with E-state index in [1.807, 2.05) is 18.2 Å². The van der Waals surface area contributed by atoms with Crippen molar-refractivity contribution in [3.63, 3.8) is 0 Å². The lowest BCUT2D eigenvalue weighted by atomic mass is 9.77. The van der Waals surface area contributed by atoms with Crippen molar-refractivity contribution in [1.82, 2.24) is 5.32 Å². The fourth-order valence-corrected chi connectivity index (χ4v) is 3.56. The third-order valence-corrected chi connectivity index (χ3v) is 5.52. The molecule has 1 saturated carbocycles. The second kappa shape index (κ2) is 6.75. The summed E-state index contributed by atoms with van der Waals surface area (Å²) in [6.07, 6.45) is 3.80. The van der Waals surface area contributed by atoms with Crippen molar-refractivity contribution in [3.05, 3.63) is 31.8 Å². The van der Waals surface area contributed by atoms with Crippen molar-refractivity contribution < 1.29 is 9.90 Å². The molecule has 1 amide bonds. The predicted octanol–water partition coefficient (Wildman–Crippen LogP) is 3.72. The fourth-order valence-electron chi connectivity index (χ4n) is 2.62. The number of amides is 1. The van der Waals surface area contributed by atoms with Gasteiger partial charge in [0.25, 0.3) is 5.91 Å². The number of carbonyl (C=O) groups excluding carboxylic acids is 1. The largest absolute Gasteiger partial charge is 0.394 e. The molecule has 2 rings (SSSR count). The van der Waals surface area contributed by atoms with Crippen LogP contribution in [0.3, 0.4) is 0 Å². The summed E-state index contributed by atoms with van der Waals surface area (Å²) in [6.45, 7) is 2.23. The molecule has 0 radical (unpaired) electrons. The van der Waals surface area contributed by atoms with Gasteiger partial charge in [-0.25, -0.2) is 0 Å². The molecule has 1 aromatic rings. The number of carbonyl (C=O) groups is 1. The average molecular weight is 452 g/mol. The predicted molar refractivity (Wildman–Crippen MR) is 91.8 cm³/mol. The molecule has 0 atom stereocenters. The molecule has 0 spiro atoms. The molecular formula is C15H19BrINO2. The normalized spacial score (nSPS) is 26.3. The van der Waals surface area contributed by atoms with E-state index >= 15 is 0 Å². The van der Waals surface area contributed by atoms with Crippen LogP contribution in [0.1, 0.15) is 43.0 Å². The van der Waals surface area contributed by atoms with Gasteiger partial charge in [-0.15, -0.1) is 0 Å². The first-order valence-electron chi connectivity index (χ1n) is 6.84. The third kappa shape index (κ3) is 3.74. The van der Waals surface area contributed by atoms with E-state index in [2.05, 4.69) is 50.8 Å². The minimum absolute atomic E-state index is 0.00996. The lowest BCUT2D eigenvalue weighted by Crippen LogP contribution is -2.53. The molecule has 0 heterocycles. The molecule has 1 aliphatic carbocycles. The van der Waals surface area contributed by atoms with Gasteiger partial charge < -0.3 is 10.4 Å². The van der Waals surface area contributed by atoms with Crippen molar-refractivity contribution in [2.45, 2.75) is 38.1 Å². The van der Waals surface area contributed by atoms with Gasteiger partial charge in [0.2, 0.25) is 0 Å². The summed E-state index contributed by atoms with van der Waals surface area (Å²) in [5, 5.41) is 12.8. The molecule has 0 saturated heterocycles. The second-order valence-electron chi connectivity index (χ2n) is 5.70. The van der Waals surface area contributed by atoms with E-state index in [0.29, 0.717) is 11.5 Å². The Kier molecular flexibility index (Phi) is 5.48. The van der Waals surface area contributed by atoms with Crippen LogP contribution in [0, 0.1) is 9.49 Å². The van der Waals surface area contributed by atoms with E-state index < -0.39 is 5.54 Å². The molecule has 5 heteroatoms. The van der Waals surface area contributed by atoms with Crippen LogP contribution in [0.4, 0.5) is 0 Å². The van der Waals surface area contributed by atoms with E-state index in [4.69, 9.17) is 0 Å². The second-order valence-corrected chi connectivity index (χ2v) is 7.78. The van der Waals surface area contributed by atoms with Gasteiger partial charge >= 0.3 is 0 Å². The van der Waals surface area contributed by atoms with E-state index in [1.54, 1.807) is 0 Å². The summed E-state index contributed by atoms with van der Waals surface area (Å²) >= 11 is 5.56. The monoisotopic (exact) mass is 451 g/mol. The van der Waals surface area contributed by atoms with E-state index in [0.717, 1.165) is 33.7 Å². The minimum Gasteiger partial charge on any atom is -0.394 e. The zero-order valence-corrected chi connectivity index (χ0v) is 15.2. The number of aliphatic hydroxyl groups is 1. The molecule has 0 bridgehead atoms. The Hall–Kier alpha value is -0.140.